The molecule has 1 saturated carbocycles. The zero-order chi connectivity index (χ0) is 13.0. The van der Waals surface area contributed by atoms with Crippen LogP contribution in [-0.4, -0.2) is 11.9 Å². The predicted octanol–water partition coefficient (Wildman–Crippen LogP) is 2.36. The summed E-state index contributed by atoms with van der Waals surface area (Å²) in [5, 5.41) is 0. The minimum atomic E-state index is -0.526. The summed E-state index contributed by atoms with van der Waals surface area (Å²) in [6.45, 7) is 1.75. The molecule has 1 aromatic heterocycles. The zero-order valence-corrected chi connectivity index (χ0v) is 10.4. The molecule has 5 nitrogen and oxygen atoms in total. The number of amides is 1. The van der Waals surface area contributed by atoms with Crippen molar-refractivity contribution in [1.29, 1.82) is 0 Å². The van der Waals surface area contributed by atoms with Crippen LogP contribution in [0.2, 0.25) is 0 Å². The third kappa shape index (κ3) is 2.91. The standard InChI is InChI=1S/C13H17NO4/c1-9-7-8-17-11(9)12(15)14-18-13(16)10-5-3-2-4-6-10/h7-8,10H,2-6H2,1H3,(H,14,15). The highest BCUT2D eigenvalue weighted by molar-refractivity contribution is 5.92. The molecule has 0 radical (unpaired) electrons. The number of hydrogen-bond donors (Lipinski definition) is 1. The largest absolute Gasteiger partial charge is 0.459 e. The maximum absolute atomic E-state index is 11.7. The normalized spacial score (nSPS) is 16.3. The molecule has 0 saturated heterocycles. The minimum absolute atomic E-state index is 0.0863. The van der Waals surface area contributed by atoms with Gasteiger partial charge in [-0.1, -0.05) is 19.3 Å². The van der Waals surface area contributed by atoms with Crippen LogP contribution in [0.4, 0.5) is 0 Å². The molecule has 0 spiro atoms. The topological polar surface area (TPSA) is 68.5 Å². The predicted molar refractivity (Wildman–Crippen MR) is 63.6 cm³/mol. The third-order valence-corrected chi connectivity index (χ3v) is 3.25. The van der Waals surface area contributed by atoms with Gasteiger partial charge in [-0.05, 0) is 25.8 Å². The summed E-state index contributed by atoms with van der Waals surface area (Å²) in [6, 6.07) is 1.68. The van der Waals surface area contributed by atoms with E-state index in [9.17, 15) is 9.59 Å². The molecular weight excluding hydrogens is 234 g/mol. The average molecular weight is 251 g/mol. The Hall–Kier alpha value is -1.78. The van der Waals surface area contributed by atoms with Gasteiger partial charge in [0.2, 0.25) is 0 Å². The van der Waals surface area contributed by atoms with E-state index in [0.717, 1.165) is 25.7 Å². The van der Waals surface area contributed by atoms with E-state index in [1.807, 2.05) is 0 Å². The molecule has 0 bridgehead atoms. The van der Waals surface area contributed by atoms with Crippen molar-refractivity contribution in [3.05, 3.63) is 23.7 Å². The Bertz CT molecular complexity index is 432. The monoisotopic (exact) mass is 251 g/mol. The first-order valence-corrected chi connectivity index (χ1v) is 6.23. The van der Waals surface area contributed by atoms with E-state index in [0.29, 0.717) is 5.56 Å². The Morgan fingerprint density at radius 2 is 2.06 bits per heavy atom. The Labute approximate surface area is 105 Å². The zero-order valence-electron chi connectivity index (χ0n) is 10.4. The van der Waals surface area contributed by atoms with Crippen molar-refractivity contribution in [2.75, 3.05) is 0 Å². The van der Waals surface area contributed by atoms with Gasteiger partial charge in [0, 0.05) is 5.56 Å². The number of carbonyl (C=O) groups is 2. The number of carbonyl (C=O) groups excluding carboxylic acids is 2. The number of aryl methyl sites for hydroxylation is 1. The van der Waals surface area contributed by atoms with Crippen molar-refractivity contribution in [3.8, 4) is 0 Å². The molecule has 0 unspecified atom stereocenters. The number of nitrogens with one attached hydrogen (secondary N) is 1. The van der Waals surface area contributed by atoms with Crippen LogP contribution in [0, 0.1) is 12.8 Å². The van der Waals surface area contributed by atoms with Gasteiger partial charge in [0.1, 0.15) is 0 Å². The molecule has 98 valence electrons. The number of hydroxylamine groups is 1. The molecule has 0 aliphatic heterocycles. The average Bonchev–Trinajstić information content (AvgIpc) is 2.83. The first kappa shape index (κ1) is 12.7. The Morgan fingerprint density at radius 1 is 1.33 bits per heavy atom. The van der Waals surface area contributed by atoms with Gasteiger partial charge in [-0.2, -0.15) is 5.48 Å². The first-order chi connectivity index (χ1) is 8.68. The van der Waals surface area contributed by atoms with Crippen molar-refractivity contribution >= 4 is 11.9 Å². The van der Waals surface area contributed by atoms with E-state index in [1.54, 1.807) is 13.0 Å². The molecule has 1 heterocycles. The fourth-order valence-corrected chi connectivity index (χ4v) is 2.17. The molecule has 2 rings (SSSR count). The molecule has 1 aliphatic rings. The molecule has 1 fully saturated rings. The van der Waals surface area contributed by atoms with Gasteiger partial charge in [-0.15, -0.1) is 0 Å². The number of rotatable bonds is 2. The fraction of sp³-hybridized carbons (Fsp3) is 0.538. The van der Waals surface area contributed by atoms with E-state index in [1.165, 1.54) is 12.7 Å². The van der Waals surface area contributed by atoms with Crippen LogP contribution in [0.1, 0.15) is 48.2 Å². The maximum Gasteiger partial charge on any atom is 0.335 e. The molecule has 18 heavy (non-hydrogen) atoms. The molecule has 1 N–H and O–H groups in total. The fourth-order valence-electron chi connectivity index (χ4n) is 2.17. The van der Waals surface area contributed by atoms with Crippen LogP contribution in [-0.2, 0) is 9.63 Å². The van der Waals surface area contributed by atoms with Gasteiger partial charge >= 0.3 is 11.9 Å². The van der Waals surface area contributed by atoms with Gasteiger partial charge in [0.25, 0.3) is 0 Å². The lowest BCUT2D eigenvalue weighted by atomic mass is 9.89. The second-order valence-electron chi connectivity index (χ2n) is 4.62. The lowest BCUT2D eigenvalue weighted by Gasteiger charge is -2.19. The summed E-state index contributed by atoms with van der Waals surface area (Å²) in [5.41, 5.74) is 2.85. The molecule has 1 aliphatic carbocycles. The molecular formula is C13H17NO4. The molecule has 0 aromatic carbocycles. The molecule has 1 aromatic rings. The summed E-state index contributed by atoms with van der Waals surface area (Å²) in [6.07, 6.45) is 6.37. The van der Waals surface area contributed by atoms with Crippen LogP contribution in [0.3, 0.4) is 0 Å². The van der Waals surface area contributed by atoms with Crippen molar-refractivity contribution in [2.45, 2.75) is 39.0 Å². The number of furan rings is 1. The molecule has 1 amide bonds. The lowest BCUT2D eigenvalue weighted by Crippen LogP contribution is -2.31. The van der Waals surface area contributed by atoms with Crippen LogP contribution in [0.25, 0.3) is 0 Å². The van der Waals surface area contributed by atoms with E-state index in [4.69, 9.17) is 9.25 Å². The van der Waals surface area contributed by atoms with E-state index in [-0.39, 0.29) is 17.6 Å². The van der Waals surface area contributed by atoms with Gasteiger partial charge in [0.15, 0.2) is 5.76 Å². The molecule has 0 atom stereocenters. The van der Waals surface area contributed by atoms with Gasteiger partial charge in [-0.3, -0.25) is 4.79 Å². The minimum Gasteiger partial charge on any atom is -0.459 e. The second kappa shape index (κ2) is 5.71. The van der Waals surface area contributed by atoms with Crippen LogP contribution in [0.5, 0.6) is 0 Å². The quantitative estimate of drug-likeness (QED) is 0.819. The van der Waals surface area contributed by atoms with Gasteiger partial charge < -0.3 is 9.25 Å². The van der Waals surface area contributed by atoms with Gasteiger partial charge in [-0.25, -0.2) is 4.79 Å². The summed E-state index contributed by atoms with van der Waals surface area (Å²) < 4.78 is 5.00. The first-order valence-electron chi connectivity index (χ1n) is 6.23. The number of hydrogen-bond acceptors (Lipinski definition) is 4. The van der Waals surface area contributed by atoms with Crippen molar-refractivity contribution in [2.24, 2.45) is 5.92 Å². The molecule has 5 heteroatoms. The van der Waals surface area contributed by atoms with Crippen LogP contribution < -0.4 is 5.48 Å². The Balaban J connectivity index is 1.82. The SMILES string of the molecule is Cc1ccoc1C(=O)NOC(=O)C1CCCCC1. The highest BCUT2D eigenvalue weighted by Crippen LogP contribution is 2.24. The Morgan fingerprint density at radius 3 is 2.67 bits per heavy atom. The van der Waals surface area contributed by atoms with E-state index in [2.05, 4.69) is 5.48 Å². The van der Waals surface area contributed by atoms with Crippen molar-refractivity contribution < 1.29 is 18.8 Å². The Kier molecular flexibility index (Phi) is 4.02. The van der Waals surface area contributed by atoms with Crippen molar-refractivity contribution in [1.82, 2.24) is 5.48 Å². The smallest absolute Gasteiger partial charge is 0.335 e. The highest BCUT2D eigenvalue weighted by Gasteiger charge is 2.24. The second-order valence-corrected chi connectivity index (χ2v) is 4.62. The van der Waals surface area contributed by atoms with E-state index < -0.39 is 5.91 Å². The van der Waals surface area contributed by atoms with E-state index >= 15 is 0 Å². The van der Waals surface area contributed by atoms with Gasteiger partial charge in [0.05, 0.1) is 12.2 Å². The maximum atomic E-state index is 11.7. The van der Waals surface area contributed by atoms with Crippen molar-refractivity contribution in [3.63, 3.8) is 0 Å². The summed E-state index contributed by atoms with van der Waals surface area (Å²) >= 11 is 0. The third-order valence-electron chi connectivity index (χ3n) is 3.25. The summed E-state index contributed by atoms with van der Waals surface area (Å²) in [5.74, 6) is -0.794. The van der Waals surface area contributed by atoms with Crippen LogP contribution >= 0.6 is 0 Å². The van der Waals surface area contributed by atoms with Crippen LogP contribution in [0.15, 0.2) is 16.7 Å². The summed E-state index contributed by atoms with van der Waals surface area (Å²) in [7, 11) is 0. The highest BCUT2D eigenvalue weighted by atomic mass is 16.7. The lowest BCUT2D eigenvalue weighted by molar-refractivity contribution is -0.155. The summed E-state index contributed by atoms with van der Waals surface area (Å²) in [4.78, 5) is 28.1.